The molecule has 0 fully saturated rings. The number of rotatable bonds is 0. The molecule has 1 aromatic carbocycles. The van der Waals surface area contributed by atoms with E-state index < -0.39 is 17.9 Å². The lowest BCUT2D eigenvalue weighted by Crippen LogP contribution is -2.44. The van der Waals surface area contributed by atoms with Crippen molar-refractivity contribution >= 4 is 21.8 Å². The molecule has 0 radical (unpaired) electrons. The first-order valence-corrected chi connectivity index (χ1v) is 5.92. The molecule has 1 aromatic rings. The van der Waals surface area contributed by atoms with Gasteiger partial charge in [-0.05, 0) is 24.1 Å². The van der Waals surface area contributed by atoms with Gasteiger partial charge < -0.3 is 4.90 Å². The predicted octanol–water partition coefficient (Wildman–Crippen LogP) is 3.04. The minimum atomic E-state index is -4.92. The van der Waals surface area contributed by atoms with Gasteiger partial charge in [0, 0.05) is 23.1 Å². The molecule has 0 saturated heterocycles. The molecule has 1 amide bonds. The summed E-state index contributed by atoms with van der Waals surface area (Å²) in [7, 11) is 0. The van der Waals surface area contributed by atoms with E-state index in [9.17, 15) is 22.4 Å². The van der Waals surface area contributed by atoms with E-state index >= 15 is 0 Å². The number of carbonyl (C=O) groups is 1. The van der Waals surface area contributed by atoms with Crippen LogP contribution in [0, 0.1) is 5.82 Å². The van der Waals surface area contributed by atoms with Gasteiger partial charge in [-0.1, -0.05) is 15.9 Å². The lowest BCUT2D eigenvalue weighted by atomic mass is 9.99. The van der Waals surface area contributed by atoms with Crippen LogP contribution in [0.4, 0.5) is 17.6 Å². The highest BCUT2D eigenvalue weighted by molar-refractivity contribution is 9.10. The van der Waals surface area contributed by atoms with Gasteiger partial charge in [-0.2, -0.15) is 13.2 Å². The highest BCUT2D eigenvalue weighted by Crippen LogP contribution is 2.30. The Hall–Kier alpha value is -1.11. The zero-order valence-electron chi connectivity index (χ0n) is 9.02. The van der Waals surface area contributed by atoms with Crippen LogP contribution in [0.3, 0.4) is 0 Å². The highest BCUT2D eigenvalue weighted by atomic mass is 79.9. The van der Waals surface area contributed by atoms with Gasteiger partial charge in [0.15, 0.2) is 0 Å². The first-order valence-electron chi connectivity index (χ1n) is 5.12. The molecule has 0 atom stereocenters. The molecule has 0 saturated carbocycles. The van der Waals surface area contributed by atoms with Crippen LogP contribution >= 0.6 is 15.9 Å². The Morgan fingerprint density at radius 3 is 2.56 bits per heavy atom. The van der Waals surface area contributed by atoms with E-state index in [4.69, 9.17) is 0 Å². The number of nitrogens with zero attached hydrogens (tertiary/aromatic N) is 1. The molecule has 0 spiro atoms. The van der Waals surface area contributed by atoms with Crippen molar-refractivity contribution in [2.45, 2.75) is 19.1 Å². The summed E-state index contributed by atoms with van der Waals surface area (Å²) in [5.41, 5.74) is 0.773. The lowest BCUT2D eigenvalue weighted by molar-refractivity contribution is -0.186. The predicted molar refractivity (Wildman–Crippen MR) is 59.3 cm³/mol. The largest absolute Gasteiger partial charge is 0.471 e. The number of alkyl halides is 3. The first-order chi connectivity index (χ1) is 8.30. The van der Waals surface area contributed by atoms with Gasteiger partial charge >= 0.3 is 12.1 Å². The maximum absolute atomic E-state index is 13.5. The normalized spacial score (nSPS) is 15.5. The molecular weight excluding hydrogens is 318 g/mol. The van der Waals surface area contributed by atoms with Crippen LogP contribution in [-0.4, -0.2) is 23.5 Å². The monoisotopic (exact) mass is 325 g/mol. The molecule has 1 heterocycles. The van der Waals surface area contributed by atoms with Crippen molar-refractivity contribution in [2.24, 2.45) is 0 Å². The van der Waals surface area contributed by atoms with E-state index in [1.165, 1.54) is 12.1 Å². The minimum Gasteiger partial charge on any atom is -0.330 e. The van der Waals surface area contributed by atoms with Gasteiger partial charge in [-0.25, -0.2) is 4.39 Å². The summed E-state index contributed by atoms with van der Waals surface area (Å²) in [5, 5.41) is 0. The number of benzene rings is 1. The topological polar surface area (TPSA) is 20.3 Å². The van der Waals surface area contributed by atoms with Crippen molar-refractivity contribution in [3.05, 3.63) is 33.5 Å². The van der Waals surface area contributed by atoms with Crippen molar-refractivity contribution in [3.8, 4) is 0 Å². The Morgan fingerprint density at radius 1 is 1.28 bits per heavy atom. The Morgan fingerprint density at radius 2 is 1.94 bits per heavy atom. The van der Waals surface area contributed by atoms with E-state index in [1.807, 2.05) is 0 Å². The summed E-state index contributed by atoms with van der Waals surface area (Å²) < 4.78 is 51.1. The Labute approximate surface area is 109 Å². The van der Waals surface area contributed by atoms with Gasteiger partial charge in [0.1, 0.15) is 5.82 Å². The van der Waals surface area contributed by atoms with Crippen LogP contribution in [0.25, 0.3) is 0 Å². The maximum atomic E-state index is 13.5. The third-order valence-electron chi connectivity index (χ3n) is 2.83. The Kier molecular flexibility index (Phi) is 3.35. The molecule has 0 N–H and O–H groups in total. The van der Waals surface area contributed by atoms with E-state index in [1.54, 1.807) is 0 Å². The summed E-state index contributed by atoms with van der Waals surface area (Å²) in [5.74, 6) is -2.51. The van der Waals surface area contributed by atoms with Crippen molar-refractivity contribution < 1.29 is 22.4 Å². The van der Waals surface area contributed by atoms with Crippen molar-refractivity contribution in [1.29, 1.82) is 0 Å². The standard InChI is InChI=1S/C11H8BrF4NO/c12-8-1-2-9(13)7-5-17(4-3-6(7)8)10(18)11(14,15)16/h1-2H,3-5H2. The molecule has 0 bridgehead atoms. The second-order valence-electron chi connectivity index (χ2n) is 3.96. The first kappa shape index (κ1) is 13.3. The molecule has 2 rings (SSSR count). The van der Waals surface area contributed by atoms with Crippen LogP contribution in [0.2, 0.25) is 0 Å². The van der Waals surface area contributed by atoms with Crippen LogP contribution in [0.15, 0.2) is 16.6 Å². The number of amides is 1. The Balaban J connectivity index is 2.31. The van der Waals surface area contributed by atoms with E-state index in [0.29, 0.717) is 14.9 Å². The molecule has 1 aliphatic rings. The van der Waals surface area contributed by atoms with Gasteiger partial charge in [0.25, 0.3) is 0 Å². The number of halogens is 5. The summed E-state index contributed by atoms with van der Waals surface area (Å²) in [6.07, 6.45) is -4.71. The van der Waals surface area contributed by atoms with Crippen molar-refractivity contribution in [3.63, 3.8) is 0 Å². The second kappa shape index (κ2) is 4.53. The molecule has 2 nitrogen and oxygen atoms in total. The van der Waals surface area contributed by atoms with Crippen LogP contribution in [-0.2, 0) is 17.8 Å². The van der Waals surface area contributed by atoms with E-state index in [2.05, 4.69) is 15.9 Å². The van der Waals surface area contributed by atoms with Crippen molar-refractivity contribution in [1.82, 2.24) is 4.90 Å². The molecule has 0 aliphatic carbocycles. The molecule has 1 aliphatic heterocycles. The van der Waals surface area contributed by atoms with Gasteiger partial charge in [-0.15, -0.1) is 0 Å². The highest BCUT2D eigenvalue weighted by Gasteiger charge is 2.43. The van der Waals surface area contributed by atoms with E-state index in [0.717, 1.165) is 0 Å². The zero-order chi connectivity index (χ0) is 13.5. The lowest BCUT2D eigenvalue weighted by Gasteiger charge is -2.30. The fraction of sp³-hybridized carbons (Fsp3) is 0.364. The summed E-state index contributed by atoms with van der Waals surface area (Å²) in [4.78, 5) is 11.7. The summed E-state index contributed by atoms with van der Waals surface area (Å²) in [6, 6.07) is 2.68. The van der Waals surface area contributed by atoms with Gasteiger partial charge in [0.05, 0.1) is 0 Å². The SMILES string of the molecule is O=C(N1CCc2c(Br)ccc(F)c2C1)C(F)(F)F. The molecule has 18 heavy (non-hydrogen) atoms. The Bertz CT molecular complexity index is 501. The van der Waals surface area contributed by atoms with Gasteiger partial charge in [-0.3, -0.25) is 4.79 Å². The second-order valence-corrected chi connectivity index (χ2v) is 4.82. The molecule has 98 valence electrons. The minimum absolute atomic E-state index is 0.0621. The van der Waals surface area contributed by atoms with E-state index in [-0.39, 0.29) is 25.1 Å². The zero-order valence-corrected chi connectivity index (χ0v) is 10.6. The van der Waals surface area contributed by atoms with Crippen LogP contribution in [0.1, 0.15) is 11.1 Å². The average molecular weight is 326 g/mol. The maximum Gasteiger partial charge on any atom is 0.471 e. The fourth-order valence-electron chi connectivity index (χ4n) is 1.95. The molecular formula is C11H8BrF4NO. The molecule has 7 heteroatoms. The average Bonchev–Trinajstić information content (AvgIpc) is 2.31. The summed E-state index contributed by atoms with van der Waals surface area (Å²) >= 11 is 3.22. The van der Waals surface area contributed by atoms with Crippen LogP contribution in [0.5, 0.6) is 0 Å². The number of hydrogen-bond donors (Lipinski definition) is 0. The van der Waals surface area contributed by atoms with Crippen LogP contribution < -0.4 is 0 Å². The third-order valence-corrected chi connectivity index (χ3v) is 3.57. The van der Waals surface area contributed by atoms with Gasteiger partial charge in [0.2, 0.25) is 0 Å². The molecule has 0 aromatic heterocycles. The quantitative estimate of drug-likeness (QED) is 0.671. The van der Waals surface area contributed by atoms with Crippen molar-refractivity contribution in [2.75, 3.05) is 6.54 Å². The summed E-state index contributed by atoms with van der Waals surface area (Å²) in [6.45, 7) is -0.410. The smallest absolute Gasteiger partial charge is 0.330 e. The number of hydrogen-bond acceptors (Lipinski definition) is 1. The molecule has 0 unspecified atom stereocenters. The third kappa shape index (κ3) is 2.36. The fourth-order valence-corrected chi connectivity index (χ4v) is 2.52. The number of carbonyl (C=O) groups excluding carboxylic acids is 1. The number of fused-ring (bicyclic) bond motifs is 1.